The summed E-state index contributed by atoms with van der Waals surface area (Å²) in [6.45, 7) is 4.21. The van der Waals surface area contributed by atoms with Crippen molar-refractivity contribution in [2.24, 2.45) is 12.8 Å². The van der Waals surface area contributed by atoms with E-state index in [4.69, 9.17) is 10.5 Å². The van der Waals surface area contributed by atoms with E-state index in [0.717, 1.165) is 27.4 Å². The van der Waals surface area contributed by atoms with Gasteiger partial charge < -0.3 is 15.0 Å². The van der Waals surface area contributed by atoms with Crippen LogP contribution in [-0.2, 0) is 13.7 Å². The van der Waals surface area contributed by atoms with Gasteiger partial charge in [-0.2, -0.15) is 0 Å². The first-order chi connectivity index (χ1) is 8.99. The second-order valence-corrected chi connectivity index (χ2v) is 5.40. The SMILES string of the molecule is Cc1nnc(COc2cc(Br)ccc2C(C)N)n1C. The highest BCUT2D eigenvalue weighted by atomic mass is 79.9. The fraction of sp³-hybridized carbons (Fsp3) is 0.385. The van der Waals surface area contributed by atoms with E-state index in [1.165, 1.54) is 0 Å². The van der Waals surface area contributed by atoms with Gasteiger partial charge in [0.1, 0.15) is 18.2 Å². The molecule has 19 heavy (non-hydrogen) atoms. The minimum Gasteiger partial charge on any atom is -0.485 e. The minimum atomic E-state index is -0.0793. The Bertz CT molecular complexity index is 580. The molecular weight excluding hydrogens is 308 g/mol. The van der Waals surface area contributed by atoms with E-state index in [0.29, 0.717) is 6.61 Å². The summed E-state index contributed by atoms with van der Waals surface area (Å²) in [5, 5.41) is 8.07. The fourth-order valence-corrected chi connectivity index (χ4v) is 2.07. The maximum Gasteiger partial charge on any atom is 0.170 e. The zero-order valence-corrected chi connectivity index (χ0v) is 12.8. The third-order valence-electron chi connectivity index (χ3n) is 3.01. The van der Waals surface area contributed by atoms with Gasteiger partial charge in [0.25, 0.3) is 0 Å². The highest BCUT2D eigenvalue weighted by Gasteiger charge is 2.11. The Kier molecular flexibility index (Phi) is 4.21. The Balaban J connectivity index is 2.19. The van der Waals surface area contributed by atoms with Crippen LogP contribution >= 0.6 is 15.9 Å². The van der Waals surface area contributed by atoms with Gasteiger partial charge in [-0.05, 0) is 26.0 Å². The molecule has 0 bridgehead atoms. The molecule has 2 rings (SSSR count). The summed E-state index contributed by atoms with van der Waals surface area (Å²) in [4.78, 5) is 0. The third-order valence-corrected chi connectivity index (χ3v) is 3.50. The highest BCUT2D eigenvalue weighted by molar-refractivity contribution is 9.10. The minimum absolute atomic E-state index is 0.0793. The van der Waals surface area contributed by atoms with Crippen molar-refractivity contribution >= 4 is 15.9 Å². The molecule has 6 heteroatoms. The number of hydrogen-bond acceptors (Lipinski definition) is 4. The van der Waals surface area contributed by atoms with E-state index in [-0.39, 0.29) is 6.04 Å². The van der Waals surface area contributed by atoms with Crippen molar-refractivity contribution < 1.29 is 4.74 Å². The van der Waals surface area contributed by atoms with Crippen LogP contribution in [0.25, 0.3) is 0 Å². The molecule has 2 N–H and O–H groups in total. The molecule has 0 aliphatic rings. The van der Waals surface area contributed by atoms with Crippen molar-refractivity contribution in [1.82, 2.24) is 14.8 Å². The van der Waals surface area contributed by atoms with E-state index in [1.807, 2.05) is 43.7 Å². The van der Waals surface area contributed by atoms with Crippen molar-refractivity contribution in [3.63, 3.8) is 0 Å². The van der Waals surface area contributed by atoms with Crippen molar-refractivity contribution in [2.75, 3.05) is 0 Å². The first-order valence-corrected chi connectivity index (χ1v) is 6.81. The normalized spacial score (nSPS) is 12.5. The molecule has 1 aromatic carbocycles. The van der Waals surface area contributed by atoms with Gasteiger partial charge in [-0.15, -0.1) is 10.2 Å². The summed E-state index contributed by atoms with van der Waals surface area (Å²) in [5.41, 5.74) is 6.91. The molecule has 0 aliphatic heterocycles. The summed E-state index contributed by atoms with van der Waals surface area (Å²) in [6.07, 6.45) is 0. The molecule has 0 radical (unpaired) electrons. The first kappa shape index (κ1) is 14.0. The van der Waals surface area contributed by atoms with Gasteiger partial charge >= 0.3 is 0 Å². The van der Waals surface area contributed by atoms with Crippen molar-refractivity contribution in [2.45, 2.75) is 26.5 Å². The van der Waals surface area contributed by atoms with Gasteiger partial charge in [0.15, 0.2) is 5.82 Å². The number of benzene rings is 1. The van der Waals surface area contributed by atoms with Gasteiger partial charge in [-0.25, -0.2) is 0 Å². The lowest BCUT2D eigenvalue weighted by molar-refractivity contribution is 0.286. The molecule has 2 aromatic rings. The number of aromatic nitrogens is 3. The largest absolute Gasteiger partial charge is 0.485 e. The number of nitrogens with zero attached hydrogens (tertiary/aromatic N) is 3. The molecule has 0 aliphatic carbocycles. The highest BCUT2D eigenvalue weighted by Crippen LogP contribution is 2.28. The number of nitrogens with two attached hydrogens (primary N) is 1. The number of hydrogen-bond donors (Lipinski definition) is 1. The Labute approximate surface area is 120 Å². The predicted octanol–water partition coefficient (Wildman–Crippen LogP) is 2.48. The summed E-state index contributed by atoms with van der Waals surface area (Å²) in [7, 11) is 1.92. The zero-order valence-electron chi connectivity index (χ0n) is 11.2. The Morgan fingerprint density at radius 3 is 2.74 bits per heavy atom. The van der Waals surface area contributed by atoms with Gasteiger partial charge in [0.2, 0.25) is 0 Å². The molecule has 102 valence electrons. The third kappa shape index (κ3) is 3.13. The van der Waals surface area contributed by atoms with E-state index in [9.17, 15) is 0 Å². The van der Waals surface area contributed by atoms with Crippen LogP contribution in [0.5, 0.6) is 5.75 Å². The molecule has 1 atom stereocenters. The molecule has 1 aromatic heterocycles. The summed E-state index contributed by atoms with van der Waals surface area (Å²) >= 11 is 3.44. The van der Waals surface area contributed by atoms with Gasteiger partial charge in [-0.3, -0.25) is 0 Å². The zero-order chi connectivity index (χ0) is 14.0. The molecule has 0 spiro atoms. The van der Waals surface area contributed by atoms with Crippen molar-refractivity contribution in [3.8, 4) is 5.75 Å². The van der Waals surface area contributed by atoms with E-state index < -0.39 is 0 Å². The topological polar surface area (TPSA) is 66.0 Å². The van der Waals surface area contributed by atoms with Crippen LogP contribution < -0.4 is 10.5 Å². The van der Waals surface area contributed by atoms with E-state index >= 15 is 0 Å². The van der Waals surface area contributed by atoms with Crippen LogP contribution in [-0.4, -0.2) is 14.8 Å². The Hall–Kier alpha value is -1.40. The molecule has 0 saturated carbocycles. The first-order valence-electron chi connectivity index (χ1n) is 6.01. The van der Waals surface area contributed by atoms with Crippen LogP contribution in [0.15, 0.2) is 22.7 Å². The second-order valence-electron chi connectivity index (χ2n) is 4.48. The lowest BCUT2D eigenvalue weighted by atomic mass is 10.1. The average molecular weight is 325 g/mol. The number of rotatable bonds is 4. The van der Waals surface area contributed by atoms with Crippen molar-refractivity contribution in [3.05, 3.63) is 39.9 Å². The molecule has 5 nitrogen and oxygen atoms in total. The van der Waals surface area contributed by atoms with Crippen LogP contribution in [0.3, 0.4) is 0 Å². The lowest BCUT2D eigenvalue weighted by Gasteiger charge is -2.14. The number of aryl methyl sites for hydroxylation is 1. The maximum atomic E-state index is 5.94. The maximum absolute atomic E-state index is 5.94. The lowest BCUT2D eigenvalue weighted by Crippen LogP contribution is -2.10. The Morgan fingerprint density at radius 2 is 2.16 bits per heavy atom. The molecule has 1 heterocycles. The molecule has 1 unspecified atom stereocenters. The monoisotopic (exact) mass is 324 g/mol. The summed E-state index contributed by atoms with van der Waals surface area (Å²) < 4.78 is 8.69. The van der Waals surface area contributed by atoms with Gasteiger partial charge in [-0.1, -0.05) is 22.0 Å². The standard InChI is InChI=1S/C13H17BrN4O/c1-8(15)11-5-4-10(14)6-12(11)19-7-13-17-16-9(2)18(13)3/h4-6,8H,7,15H2,1-3H3. The van der Waals surface area contributed by atoms with Crippen LogP contribution in [0, 0.1) is 6.92 Å². The molecule has 0 amide bonds. The number of halogens is 1. The molecule has 0 fully saturated rings. The van der Waals surface area contributed by atoms with E-state index in [2.05, 4.69) is 26.1 Å². The number of ether oxygens (including phenoxy) is 1. The van der Waals surface area contributed by atoms with Crippen LogP contribution in [0.4, 0.5) is 0 Å². The van der Waals surface area contributed by atoms with E-state index in [1.54, 1.807) is 0 Å². The Morgan fingerprint density at radius 1 is 1.42 bits per heavy atom. The van der Waals surface area contributed by atoms with Crippen molar-refractivity contribution in [1.29, 1.82) is 0 Å². The van der Waals surface area contributed by atoms with Crippen LogP contribution in [0.1, 0.15) is 30.2 Å². The smallest absolute Gasteiger partial charge is 0.170 e. The quantitative estimate of drug-likeness (QED) is 0.938. The molecule has 0 saturated heterocycles. The van der Waals surface area contributed by atoms with Crippen LogP contribution in [0.2, 0.25) is 0 Å². The summed E-state index contributed by atoms with van der Waals surface area (Å²) in [5.74, 6) is 2.42. The fourth-order valence-electron chi connectivity index (χ4n) is 1.73. The predicted molar refractivity (Wildman–Crippen MR) is 76.8 cm³/mol. The molecular formula is C13H17BrN4O. The van der Waals surface area contributed by atoms with Gasteiger partial charge in [0.05, 0.1) is 0 Å². The average Bonchev–Trinajstić information content (AvgIpc) is 2.67. The summed E-state index contributed by atoms with van der Waals surface area (Å²) in [6, 6.07) is 5.76. The van der Waals surface area contributed by atoms with Gasteiger partial charge in [0, 0.05) is 23.1 Å². The second kappa shape index (κ2) is 5.71.